The highest BCUT2D eigenvalue weighted by Crippen LogP contribution is 2.32. The highest BCUT2D eigenvalue weighted by Gasteiger charge is 2.30. The predicted octanol–water partition coefficient (Wildman–Crippen LogP) is 6.24. The number of ether oxygens (including phenoxy) is 2. The summed E-state index contributed by atoms with van der Waals surface area (Å²) in [6.45, 7) is 1.91. The molecule has 0 aliphatic carbocycles. The molecule has 0 bridgehead atoms. The van der Waals surface area contributed by atoms with Crippen molar-refractivity contribution in [2.45, 2.75) is 19.6 Å². The number of alkyl halides is 3. The van der Waals surface area contributed by atoms with Crippen LogP contribution in [0.2, 0.25) is 0 Å². The lowest BCUT2D eigenvalue weighted by molar-refractivity contribution is -0.139. The zero-order valence-corrected chi connectivity index (χ0v) is 21.5. The quantitative estimate of drug-likeness (QED) is 0.252. The molecular formula is C31H25F3N2O4. The Morgan fingerprint density at radius 2 is 1.73 bits per heavy atom. The third-order valence-corrected chi connectivity index (χ3v) is 5.79. The summed E-state index contributed by atoms with van der Waals surface area (Å²) in [5, 5.41) is 12.9. The lowest BCUT2D eigenvalue weighted by Gasteiger charge is -2.13. The van der Waals surface area contributed by atoms with Crippen molar-refractivity contribution < 1.29 is 32.5 Å². The number of aromatic nitrogens is 2. The van der Waals surface area contributed by atoms with E-state index < -0.39 is 24.3 Å². The molecule has 0 amide bonds. The molecule has 9 heteroatoms. The summed E-state index contributed by atoms with van der Waals surface area (Å²) in [5.74, 6) is 6.02. The lowest BCUT2D eigenvalue weighted by Crippen LogP contribution is -2.10. The van der Waals surface area contributed by atoms with E-state index >= 15 is 0 Å². The molecule has 6 nitrogen and oxygen atoms in total. The number of carboxylic acids is 1. The second-order valence-corrected chi connectivity index (χ2v) is 8.70. The average Bonchev–Trinajstić information content (AvgIpc) is 3.44. The third kappa shape index (κ3) is 7.77. The summed E-state index contributed by atoms with van der Waals surface area (Å²) in [5.41, 5.74) is 2.85. The largest absolute Gasteiger partial charge is 0.489 e. The van der Waals surface area contributed by atoms with Gasteiger partial charge in [-0.2, -0.15) is 18.3 Å². The van der Waals surface area contributed by atoms with E-state index in [0.29, 0.717) is 34.7 Å². The minimum absolute atomic E-state index is 0.135. The van der Waals surface area contributed by atoms with Gasteiger partial charge in [-0.05, 0) is 83.8 Å². The van der Waals surface area contributed by atoms with Gasteiger partial charge in [-0.25, -0.2) is 4.79 Å². The van der Waals surface area contributed by atoms with Gasteiger partial charge < -0.3 is 14.6 Å². The zero-order chi connectivity index (χ0) is 28.5. The minimum atomic E-state index is -4.43. The fourth-order valence-corrected chi connectivity index (χ4v) is 3.83. The van der Waals surface area contributed by atoms with E-state index in [0.717, 1.165) is 23.3 Å². The molecule has 4 rings (SSSR count). The Labute approximate surface area is 229 Å². The minimum Gasteiger partial charge on any atom is -0.489 e. The number of rotatable bonds is 9. The van der Waals surface area contributed by atoms with Gasteiger partial charge in [0.15, 0.2) is 6.61 Å². The highest BCUT2D eigenvalue weighted by atomic mass is 19.4. The second kappa shape index (κ2) is 12.7. The predicted molar refractivity (Wildman–Crippen MR) is 144 cm³/mol. The number of nitrogens with zero attached hydrogens (tertiary/aromatic N) is 2. The molecule has 204 valence electrons. The maximum atomic E-state index is 13.1. The Morgan fingerprint density at radius 1 is 1.02 bits per heavy atom. The van der Waals surface area contributed by atoms with Crippen LogP contribution >= 0.6 is 0 Å². The molecule has 0 fully saturated rings. The molecule has 40 heavy (non-hydrogen) atoms. The SMILES string of the molecule is Cc1cc(OCC=C(c2ccc(C#CCn3cccn3)cc2)c2ccc(C(F)(F)F)cc2)ccc1OCC(=O)O. The van der Waals surface area contributed by atoms with E-state index in [4.69, 9.17) is 14.6 Å². The van der Waals surface area contributed by atoms with E-state index in [-0.39, 0.29) is 6.61 Å². The maximum absolute atomic E-state index is 13.1. The molecule has 0 atom stereocenters. The summed E-state index contributed by atoms with van der Waals surface area (Å²) in [4.78, 5) is 10.7. The van der Waals surface area contributed by atoms with Crippen LogP contribution < -0.4 is 9.47 Å². The third-order valence-electron chi connectivity index (χ3n) is 5.79. The van der Waals surface area contributed by atoms with Crippen molar-refractivity contribution in [3.8, 4) is 23.3 Å². The molecule has 0 saturated heterocycles. The Balaban J connectivity index is 1.54. The fraction of sp³-hybridized carbons (Fsp3) is 0.161. The number of halogens is 3. The van der Waals surface area contributed by atoms with Gasteiger partial charge in [-0.1, -0.05) is 36.1 Å². The van der Waals surface area contributed by atoms with Crippen LogP contribution in [-0.4, -0.2) is 34.1 Å². The number of aryl methyl sites for hydroxylation is 1. The average molecular weight is 547 g/mol. The van der Waals surface area contributed by atoms with Crippen molar-refractivity contribution in [3.63, 3.8) is 0 Å². The van der Waals surface area contributed by atoms with E-state index in [1.807, 2.05) is 36.5 Å². The fourth-order valence-electron chi connectivity index (χ4n) is 3.83. The summed E-state index contributed by atoms with van der Waals surface area (Å²) in [7, 11) is 0. The first-order valence-corrected chi connectivity index (χ1v) is 12.2. The van der Waals surface area contributed by atoms with Crippen molar-refractivity contribution in [2.75, 3.05) is 13.2 Å². The van der Waals surface area contributed by atoms with Crippen LogP contribution in [0.1, 0.15) is 27.8 Å². The van der Waals surface area contributed by atoms with Gasteiger partial charge >= 0.3 is 12.1 Å². The van der Waals surface area contributed by atoms with E-state index in [1.54, 1.807) is 42.1 Å². The molecule has 1 aromatic heterocycles. The van der Waals surface area contributed by atoms with Crippen LogP contribution in [0.4, 0.5) is 13.2 Å². The molecule has 3 aromatic carbocycles. The van der Waals surface area contributed by atoms with Gasteiger partial charge in [-0.15, -0.1) is 0 Å². The smallest absolute Gasteiger partial charge is 0.416 e. The van der Waals surface area contributed by atoms with Crippen LogP contribution in [0.5, 0.6) is 11.5 Å². The molecule has 4 aromatic rings. The van der Waals surface area contributed by atoms with Crippen LogP contribution in [0.25, 0.3) is 5.57 Å². The van der Waals surface area contributed by atoms with Crippen LogP contribution in [0.3, 0.4) is 0 Å². The van der Waals surface area contributed by atoms with Crippen molar-refractivity contribution in [1.29, 1.82) is 0 Å². The Bertz CT molecular complexity index is 1530. The number of aliphatic carboxylic acids is 1. The van der Waals surface area contributed by atoms with E-state index in [9.17, 15) is 18.0 Å². The number of benzene rings is 3. The Morgan fingerprint density at radius 3 is 2.33 bits per heavy atom. The summed E-state index contributed by atoms with van der Waals surface area (Å²) in [6.07, 6.45) is 0.873. The van der Waals surface area contributed by atoms with Gasteiger partial charge in [-0.3, -0.25) is 4.68 Å². The van der Waals surface area contributed by atoms with Crippen LogP contribution in [0.15, 0.2) is 91.3 Å². The van der Waals surface area contributed by atoms with Gasteiger partial charge in [0.05, 0.1) is 5.56 Å². The van der Waals surface area contributed by atoms with E-state index in [2.05, 4.69) is 16.9 Å². The van der Waals surface area contributed by atoms with Crippen LogP contribution in [0, 0.1) is 18.8 Å². The molecule has 1 N–H and O–H groups in total. The monoisotopic (exact) mass is 546 g/mol. The van der Waals surface area contributed by atoms with Gasteiger partial charge in [0.2, 0.25) is 0 Å². The molecular weight excluding hydrogens is 521 g/mol. The maximum Gasteiger partial charge on any atom is 0.416 e. The Hall–Kier alpha value is -4.97. The van der Waals surface area contributed by atoms with Crippen LogP contribution in [-0.2, 0) is 17.5 Å². The number of hydrogen-bond donors (Lipinski definition) is 1. The van der Waals surface area contributed by atoms with Gasteiger partial charge in [0.25, 0.3) is 0 Å². The van der Waals surface area contributed by atoms with E-state index in [1.165, 1.54) is 12.1 Å². The van der Waals surface area contributed by atoms with Gasteiger partial charge in [0, 0.05) is 18.0 Å². The molecule has 0 saturated carbocycles. The van der Waals surface area contributed by atoms with Crippen molar-refractivity contribution in [3.05, 3.63) is 119 Å². The number of carboxylic acid groups (broad SMARTS) is 1. The van der Waals surface area contributed by atoms with Crippen molar-refractivity contribution in [2.24, 2.45) is 0 Å². The molecule has 1 heterocycles. The molecule has 0 aliphatic rings. The topological polar surface area (TPSA) is 73.6 Å². The summed E-state index contributed by atoms with van der Waals surface area (Å²) in [6, 6.07) is 19.2. The second-order valence-electron chi connectivity index (χ2n) is 8.70. The molecule has 0 unspecified atom stereocenters. The van der Waals surface area contributed by atoms with Gasteiger partial charge in [0.1, 0.15) is 24.7 Å². The molecule has 0 aliphatic heterocycles. The lowest BCUT2D eigenvalue weighted by atomic mass is 9.96. The number of carbonyl (C=O) groups is 1. The summed E-state index contributed by atoms with van der Waals surface area (Å²) >= 11 is 0. The standard InChI is InChI=1S/C31H25F3N2O4/c1-22-20-27(13-14-29(22)40-21-30(37)38)39-19-15-28(25-9-11-26(12-10-25)31(32,33)34)24-7-5-23(6-8-24)4-2-17-36-18-3-16-35-36/h3,5-16,18,20H,17,19,21H2,1H3,(H,37,38). The van der Waals surface area contributed by atoms with Crippen molar-refractivity contribution >= 4 is 11.5 Å². The first-order valence-electron chi connectivity index (χ1n) is 12.2. The normalized spacial score (nSPS) is 11.4. The number of hydrogen-bond acceptors (Lipinski definition) is 4. The summed E-state index contributed by atoms with van der Waals surface area (Å²) < 4.78 is 52.2. The highest BCUT2D eigenvalue weighted by molar-refractivity contribution is 5.80. The first kappa shape index (κ1) is 28.0. The molecule has 0 radical (unpaired) electrons. The Kier molecular flexibility index (Phi) is 8.92. The zero-order valence-electron chi connectivity index (χ0n) is 21.5. The van der Waals surface area contributed by atoms with Crippen molar-refractivity contribution in [1.82, 2.24) is 9.78 Å². The first-order chi connectivity index (χ1) is 19.2. The molecule has 0 spiro atoms.